The summed E-state index contributed by atoms with van der Waals surface area (Å²) in [5.41, 5.74) is 3.59. The second kappa shape index (κ2) is 11.0. The third-order valence-electron chi connectivity index (χ3n) is 6.29. The summed E-state index contributed by atoms with van der Waals surface area (Å²) in [5.74, 6) is 1.39. The molecule has 1 atom stereocenters. The van der Waals surface area contributed by atoms with Crippen LogP contribution in [0.3, 0.4) is 0 Å². The highest BCUT2D eigenvalue weighted by atomic mass is 32.2. The Morgan fingerprint density at radius 1 is 1.19 bits per heavy atom. The maximum Gasteiger partial charge on any atom is 0.343 e. The molecular formula is C26H36N2O3S. The molecule has 1 aliphatic heterocycles. The molecule has 0 N–H and O–H groups in total. The van der Waals surface area contributed by atoms with Gasteiger partial charge in [-0.3, -0.25) is 0 Å². The smallest absolute Gasteiger partial charge is 0.343 e. The van der Waals surface area contributed by atoms with E-state index in [0.717, 1.165) is 24.4 Å². The molecule has 1 unspecified atom stereocenters. The van der Waals surface area contributed by atoms with Gasteiger partial charge in [-0.25, -0.2) is 4.79 Å². The van der Waals surface area contributed by atoms with Gasteiger partial charge in [0.15, 0.2) is 6.61 Å². The zero-order chi connectivity index (χ0) is 23.1. The summed E-state index contributed by atoms with van der Waals surface area (Å²) in [5, 5.41) is 0. The predicted molar refractivity (Wildman–Crippen MR) is 135 cm³/mol. The number of carbonyl (C=O) groups is 1. The first-order valence-electron chi connectivity index (χ1n) is 11.4. The number of rotatable bonds is 9. The quantitative estimate of drug-likeness (QED) is 0.423. The van der Waals surface area contributed by atoms with Crippen molar-refractivity contribution in [1.82, 2.24) is 0 Å². The summed E-state index contributed by atoms with van der Waals surface area (Å²) >= 11 is 1.91. The number of methoxy groups -OCH3 is 1. The number of esters is 1. The lowest BCUT2D eigenvalue weighted by Crippen LogP contribution is -2.36. The Hall–Kier alpha value is -2.34. The fourth-order valence-electron chi connectivity index (χ4n) is 4.15. The number of hydrogen-bond acceptors (Lipinski definition) is 6. The molecule has 1 aliphatic rings. The molecule has 3 rings (SSSR count). The molecule has 0 fully saturated rings. The van der Waals surface area contributed by atoms with Gasteiger partial charge in [0.05, 0.1) is 18.5 Å². The Balaban J connectivity index is 2.09. The number of ether oxygens (including phenoxy) is 2. The van der Waals surface area contributed by atoms with Crippen LogP contribution >= 0.6 is 11.8 Å². The summed E-state index contributed by atoms with van der Waals surface area (Å²) in [7, 11) is 5.38. The minimum atomic E-state index is -0.382. The summed E-state index contributed by atoms with van der Waals surface area (Å²) in [4.78, 5) is 17.4. The molecule has 1 heterocycles. The lowest BCUT2D eigenvalue weighted by molar-refractivity contribution is -0.142. The Morgan fingerprint density at radius 3 is 2.56 bits per heavy atom. The van der Waals surface area contributed by atoms with Gasteiger partial charge >= 0.3 is 5.97 Å². The number of carbonyl (C=O) groups excluding carboxylic acids is 1. The minimum absolute atomic E-state index is 0.0986. The summed E-state index contributed by atoms with van der Waals surface area (Å²) in [6.45, 7) is 5.48. The second-order valence-corrected chi connectivity index (χ2v) is 9.73. The second-order valence-electron chi connectivity index (χ2n) is 8.71. The lowest BCUT2D eigenvalue weighted by Gasteiger charge is -2.37. The molecule has 2 aromatic rings. The molecule has 0 amide bonds. The molecule has 0 bridgehead atoms. The first-order chi connectivity index (χ1) is 15.4. The summed E-state index contributed by atoms with van der Waals surface area (Å²) in [6.07, 6.45) is 4.81. The zero-order valence-corrected chi connectivity index (χ0v) is 20.8. The zero-order valence-electron chi connectivity index (χ0n) is 20.0. The van der Waals surface area contributed by atoms with Crippen molar-refractivity contribution in [1.29, 1.82) is 0 Å². The lowest BCUT2D eigenvalue weighted by atomic mass is 9.81. The van der Waals surface area contributed by atoms with Gasteiger partial charge in [0.25, 0.3) is 0 Å². The van der Waals surface area contributed by atoms with E-state index in [1.807, 2.05) is 30.8 Å². The first kappa shape index (κ1) is 24.3. The number of benzene rings is 2. The van der Waals surface area contributed by atoms with Crippen molar-refractivity contribution in [2.45, 2.75) is 44.4 Å². The van der Waals surface area contributed by atoms with Crippen LogP contribution in [0.25, 0.3) is 0 Å². The van der Waals surface area contributed by atoms with Gasteiger partial charge in [0, 0.05) is 37.0 Å². The molecule has 0 radical (unpaired) electrons. The van der Waals surface area contributed by atoms with E-state index in [2.05, 4.69) is 61.2 Å². The number of nitrogens with zero attached hydrogens (tertiary/aromatic N) is 2. The van der Waals surface area contributed by atoms with Crippen LogP contribution in [-0.4, -0.2) is 46.1 Å². The number of unbranched alkanes of at least 4 members (excludes halogenated alkanes) is 1. The van der Waals surface area contributed by atoms with Crippen molar-refractivity contribution >= 4 is 34.8 Å². The molecule has 0 aliphatic carbocycles. The monoisotopic (exact) mass is 456 g/mol. The van der Waals surface area contributed by atoms with Crippen molar-refractivity contribution in [2.24, 2.45) is 5.41 Å². The third-order valence-corrected chi connectivity index (χ3v) is 7.69. The Bertz CT molecular complexity index is 903. The average molecular weight is 457 g/mol. The Morgan fingerprint density at radius 2 is 1.94 bits per heavy atom. The van der Waals surface area contributed by atoms with Gasteiger partial charge in [-0.05, 0) is 42.5 Å². The fourth-order valence-corrected chi connectivity index (χ4v) is 5.56. The van der Waals surface area contributed by atoms with E-state index in [1.54, 1.807) is 0 Å². The summed E-state index contributed by atoms with van der Waals surface area (Å²) in [6, 6.07) is 15.0. The predicted octanol–water partition coefficient (Wildman–Crippen LogP) is 6.13. The number of fused-ring (bicyclic) bond motifs is 1. The molecule has 0 aromatic heterocycles. The van der Waals surface area contributed by atoms with Crippen molar-refractivity contribution in [3.05, 3.63) is 42.5 Å². The molecule has 6 heteroatoms. The van der Waals surface area contributed by atoms with Crippen LogP contribution in [0.5, 0.6) is 5.75 Å². The Kier molecular flexibility index (Phi) is 8.35. The first-order valence-corrected chi connectivity index (χ1v) is 12.4. The van der Waals surface area contributed by atoms with Crippen LogP contribution in [0.2, 0.25) is 0 Å². The maximum atomic E-state index is 11.7. The van der Waals surface area contributed by atoms with Gasteiger partial charge in [0.2, 0.25) is 0 Å². The molecule has 32 heavy (non-hydrogen) atoms. The van der Waals surface area contributed by atoms with E-state index in [9.17, 15) is 4.79 Å². The van der Waals surface area contributed by atoms with Gasteiger partial charge in [-0.15, -0.1) is 11.8 Å². The molecule has 0 saturated carbocycles. The number of hydrogen-bond donors (Lipinski definition) is 0. The van der Waals surface area contributed by atoms with E-state index in [0.29, 0.717) is 5.75 Å². The van der Waals surface area contributed by atoms with E-state index in [1.165, 1.54) is 42.6 Å². The summed E-state index contributed by atoms with van der Waals surface area (Å²) < 4.78 is 10.7. The molecule has 174 valence electrons. The largest absolute Gasteiger partial charge is 0.480 e. The van der Waals surface area contributed by atoms with Crippen LogP contribution < -0.4 is 14.5 Å². The fraction of sp³-hybridized carbons (Fsp3) is 0.500. The number of anilines is 3. The maximum absolute atomic E-state index is 11.7. The van der Waals surface area contributed by atoms with Gasteiger partial charge in [0.1, 0.15) is 5.75 Å². The minimum Gasteiger partial charge on any atom is -0.480 e. The van der Waals surface area contributed by atoms with Crippen LogP contribution in [0.4, 0.5) is 17.1 Å². The highest BCUT2D eigenvalue weighted by Crippen LogP contribution is 2.49. The molecule has 0 saturated heterocycles. The van der Waals surface area contributed by atoms with E-state index < -0.39 is 0 Å². The molecule has 0 spiro atoms. The van der Waals surface area contributed by atoms with Gasteiger partial charge < -0.3 is 19.3 Å². The van der Waals surface area contributed by atoms with Gasteiger partial charge in [-0.2, -0.15) is 0 Å². The molecule has 5 nitrogen and oxygen atoms in total. The number of thioether (sulfide) groups is 1. The standard InChI is InChI=1S/C26H36N2O3S/c1-6-8-14-26(7-2)18-28(20-12-10-9-11-13-20)22-15-21(27(3)4)23(16-24(22)32-19-26)31-17-25(29)30-5/h9-13,15-16H,6-8,14,17-19H2,1-5H3. The average Bonchev–Trinajstić information content (AvgIpc) is 2.98. The van der Waals surface area contributed by atoms with E-state index in [4.69, 9.17) is 9.47 Å². The van der Waals surface area contributed by atoms with Crippen molar-refractivity contribution in [2.75, 3.05) is 49.9 Å². The molecule has 2 aromatic carbocycles. The molecular weight excluding hydrogens is 420 g/mol. The SMILES string of the molecule is CCCCC1(CC)CSc2cc(OCC(=O)OC)c(N(C)C)cc2N(c2ccccc2)C1. The van der Waals surface area contributed by atoms with E-state index >= 15 is 0 Å². The van der Waals surface area contributed by atoms with Crippen LogP contribution in [0.1, 0.15) is 39.5 Å². The highest BCUT2D eigenvalue weighted by molar-refractivity contribution is 7.99. The van der Waals surface area contributed by atoms with Crippen molar-refractivity contribution in [3.63, 3.8) is 0 Å². The van der Waals surface area contributed by atoms with Crippen LogP contribution in [-0.2, 0) is 9.53 Å². The van der Waals surface area contributed by atoms with Crippen LogP contribution in [0.15, 0.2) is 47.4 Å². The van der Waals surface area contributed by atoms with E-state index in [-0.39, 0.29) is 18.0 Å². The third kappa shape index (κ3) is 5.52. The van der Waals surface area contributed by atoms with Crippen LogP contribution in [0, 0.1) is 5.41 Å². The van der Waals surface area contributed by atoms with Crippen molar-refractivity contribution < 1.29 is 14.3 Å². The highest BCUT2D eigenvalue weighted by Gasteiger charge is 2.35. The Labute approximate surface area is 197 Å². The van der Waals surface area contributed by atoms with Gasteiger partial charge in [-0.1, -0.05) is 44.9 Å². The number of para-hydroxylation sites is 1. The normalized spacial score (nSPS) is 18.0. The van der Waals surface area contributed by atoms with Crippen molar-refractivity contribution in [3.8, 4) is 5.75 Å². The topological polar surface area (TPSA) is 42.0 Å².